The van der Waals surface area contributed by atoms with Gasteiger partial charge in [-0.05, 0) is 31.4 Å². The van der Waals surface area contributed by atoms with Crippen molar-refractivity contribution in [1.82, 2.24) is 18.7 Å². The number of rotatable bonds is 8. The van der Waals surface area contributed by atoms with Crippen molar-refractivity contribution in [2.45, 2.75) is 44.9 Å². The normalized spacial score (nSPS) is 19.5. The highest BCUT2D eigenvalue weighted by Crippen LogP contribution is 2.24. The first-order chi connectivity index (χ1) is 19.3. The van der Waals surface area contributed by atoms with Crippen LogP contribution in [0.15, 0.2) is 39.9 Å². The van der Waals surface area contributed by atoms with E-state index in [-0.39, 0.29) is 41.9 Å². The second-order valence-corrected chi connectivity index (χ2v) is 9.93. The Balaban J connectivity index is 1.54. The number of aryl methyl sites for hydroxylation is 1. The minimum absolute atomic E-state index is 0.0175. The average Bonchev–Trinajstić information content (AvgIpc) is 3.62. The minimum Gasteiger partial charge on any atom is -0.352 e. The van der Waals surface area contributed by atoms with Crippen LogP contribution in [0.2, 0.25) is 0 Å². The van der Waals surface area contributed by atoms with Crippen LogP contribution in [0.1, 0.15) is 36.5 Å². The van der Waals surface area contributed by atoms with Crippen molar-refractivity contribution in [3.05, 3.63) is 56.7 Å². The Morgan fingerprint density at radius 2 is 2.05 bits per heavy atom. The Morgan fingerprint density at radius 1 is 1.25 bits per heavy atom. The number of nitrogens with zero attached hydrogens (tertiary/aromatic N) is 5. The van der Waals surface area contributed by atoms with E-state index in [0.29, 0.717) is 12.5 Å². The molecule has 2 unspecified atom stereocenters. The first kappa shape index (κ1) is 27.5. The maximum atomic E-state index is 13.8. The standard InChI is InChI=1S/C27H33N7O6/c1-3-4-12-33-22-23(30-26(33)32-11-7-8-17(28)13-32)31(2)27(38)34(25(22)37)14-20(35)18-9-5-6-10-19(18)29-24(36)21-15-39-16-40-21/h4-6,9-10,12,17,21H,3,7-8,11,13-16,28H2,1-2H3,(H,29,36)/b12-4+. The van der Waals surface area contributed by atoms with Crippen molar-refractivity contribution >= 4 is 40.7 Å². The third kappa shape index (κ3) is 5.22. The van der Waals surface area contributed by atoms with Gasteiger partial charge in [0.05, 0.1) is 18.8 Å². The molecule has 0 spiro atoms. The number of nitrogens with two attached hydrogens (primary N) is 1. The monoisotopic (exact) mass is 551 g/mol. The summed E-state index contributed by atoms with van der Waals surface area (Å²) in [7, 11) is 1.52. The number of Topliss-reactive ketones (excluding diaryl/α,β-unsaturated/α-hetero) is 1. The molecule has 2 aliphatic rings. The molecule has 40 heavy (non-hydrogen) atoms. The van der Waals surface area contributed by atoms with Crippen LogP contribution in [-0.4, -0.2) is 69.0 Å². The van der Waals surface area contributed by atoms with E-state index < -0.39 is 35.6 Å². The van der Waals surface area contributed by atoms with Crippen molar-refractivity contribution in [3.63, 3.8) is 0 Å². The second-order valence-electron chi connectivity index (χ2n) is 9.93. The predicted octanol–water partition coefficient (Wildman–Crippen LogP) is 0.899. The lowest BCUT2D eigenvalue weighted by atomic mass is 10.1. The highest BCUT2D eigenvalue weighted by atomic mass is 16.7. The Morgan fingerprint density at radius 3 is 2.77 bits per heavy atom. The number of carbonyl (C=O) groups is 2. The zero-order valence-electron chi connectivity index (χ0n) is 22.5. The number of carbonyl (C=O) groups excluding carboxylic acids is 2. The van der Waals surface area contributed by atoms with Gasteiger partial charge in [0.15, 0.2) is 23.1 Å². The molecule has 0 aliphatic carbocycles. The highest BCUT2D eigenvalue weighted by Gasteiger charge is 2.28. The maximum Gasteiger partial charge on any atom is 0.332 e. The molecule has 1 aromatic carbocycles. The lowest BCUT2D eigenvalue weighted by Crippen LogP contribution is -2.43. The number of amides is 1. The smallest absolute Gasteiger partial charge is 0.332 e. The Labute approximate surface area is 229 Å². The van der Waals surface area contributed by atoms with Crippen molar-refractivity contribution < 1.29 is 19.1 Å². The SMILES string of the molecule is CC/C=C/n1c(N2CCCC(N)C2)nc2c1c(=O)n(CC(=O)c1ccccc1NC(=O)C1COCO1)c(=O)n2C. The minimum atomic E-state index is -0.791. The lowest BCUT2D eigenvalue weighted by molar-refractivity contribution is -0.124. The van der Waals surface area contributed by atoms with Gasteiger partial charge >= 0.3 is 5.69 Å². The summed E-state index contributed by atoms with van der Waals surface area (Å²) in [4.78, 5) is 59.9. The van der Waals surface area contributed by atoms with Crippen molar-refractivity contribution in [1.29, 1.82) is 0 Å². The summed E-state index contributed by atoms with van der Waals surface area (Å²) < 4.78 is 14.2. The molecule has 0 radical (unpaired) electrons. The summed E-state index contributed by atoms with van der Waals surface area (Å²) in [5.74, 6) is -0.448. The number of benzene rings is 1. The number of hydrogen-bond acceptors (Lipinski definition) is 9. The van der Waals surface area contributed by atoms with Crippen LogP contribution >= 0.6 is 0 Å². The number of ketones is 1. The molecule has 2 atom stereocenters. The van der Waals surface area contributed by atoms with Gasteiger partial charge in [0.1, 0.15) is 6.79 Å². The van der Waals surface area contributed by atoms with Gasteiger partial charge < -0.3 is 25.4 Å². The van der Waals surface area contributed by atoms with Crippen LogP contribution in [-0.2, 0) is 27.9 Å². The van der Waals surface area contributed by atoms with Gasteiger partial charge in [0.2, 0.25) is 5.95 Å². The van der Waals surface area contributed by atoms with Crippen LogP contribution in [0.4, 0.5) is 11.6 Å². The Kier molecular flexibility index (Phi) is 7.96. The van der Waals surface area contributed by atoms with E-state index >= 15 is 0 Å². The molecule has 2 fully saturated rings. The van der Waals surface area contributed by atoms with Crippen LogP contribution in [0.3, 0.4) is 0 Å². The molecule has 212 valence electrons. The summed E-state index contributed by atoms with van der Waals surface area (Å²) in [6.45, 7) is 2.87. The van der Waals surface area contributed by atoms with Crippen molar-refractivity contribution in [2.75, 3.05) is 36.7 Å². The molecule has 3 N–H and O–H groups in total. The van der Waals surface area contributed by atoms with Crippen LogP contribution in [0.25, 0.3) is 17.4 Å². The summed E-state index contributed by atoms with van der Waals surface area (Å²) >= 11 is 0. The number of anilines is 2. The van der Waals surface area contributed by atoms with Gasteiger partial charge in [-0.3, -0.25) is 28.1 Å². The fraction of sp³-hybridized carbons (Fsp3) is 0.444. The van der Waals surface area contributed by atoms with E-state index in [4.69, 9.17) is 15.2 Å². The van der Waals surface area contributed by atoms with E-state index in [9.17, 15) is 19.2 Å². The number of aromatic nitrogens is 4. The molecule has 13 heteroatoms. The number of hydrogen-bond donors (Lipinski definition) is 2. The number of fused-ring (bicyclic) bond motifs is 1. The van der Waals surface area contributed by atoms with Gasteiger partial charge in [-0.2, -0.15) is 4.98 Å². The van der Waals surface area contributed by atoms with E-state index in [1.54, 1.807) is 29.0 Å². The van der Waals surface area contributed by atoms with E-state index in [1.807, 2.05) is 17.9 Å². The fourth-order valence-corrected chi connectivity index (χ4v) is 5.00. The molecule has 2 aliphatic heterocycles. The summed E-state index contributed by atoms with van der Waals surface area (Å²) in [6.07, 6.45) is 5.38. The molecule has 1 amide bonds. The third-order valence-corrected chi connectivity index (χ3v) is 7.09. The van der Waals surface area contributed by atoms with Gasteiger partial charge in [-0.25, -0.2) is 4.79 Å². The van der Waals surface area contributed by atoms with E-state index in [0.717, 1.165) is 30.4 Å². The van der Waals surface area contributed by atoms with Crippen LogP contribution in [0.5, 0.6) is 0 Å². The van der Waals surface area contributed by atoms with Gasteiger partial charge in [0.25, 0.3) is 11.5 Å². The molecular weight excluding hydrogens is 518 g/mol. The number of piperidine rings is 1. The van der Waals surface area contributed by atoms with Crippen LogP contribution in [0, 0.1) is 0 Å². The molecule has 2 saturated heterocycles. The largest absolute Gasteiger partial charge is 0.352 e. The molecule has 2 aromatic heterocycles. The van der Waals surface area contributed by atoms with Gasteiger partial charge in [-0.1, -0.05) is 25.1 Å². The molecular formula is C27H33N7O6. The number of nitrogens with one attached hydrogen (secondary N) is 1. The molecule has 5 rings (SSSR count). The van der Waals surface area contributed by atoms with Gasteiger partial charge in [-0.15, -0.1) is 0 Å². The second kappa shape index (κ2) is 11.6. The summed E-state index contributed by atoms with van der Waals surface area (Å²) in [5.41, 5.74) is 5.72. The third-order valence-electron chi connectivity index (χ3n) is 7.09. The molecule has 0 bridgehead atoms. The summed E-state index contributed by atoms with van der Waals surface area (Å²) in [5, 5.41) is 2.69. The fourth-order valence-electron chi connectivity index (χ4n) is 5.00. The molecule has 4 heterocycles. The lowest BCUT2D eigenvalue weighted by Gasteiger charge is -2.31. The van der Waals surface area contributed by atoms with E-state index in [2.05, 4.69) is 10.3 Å². The zero-order chi connectivity index (χ0) is 28.4. The highest BCUT2D eigenvalue weighted by molar-refractivity contribution is 6.05. The number of ether oxygens (including phenoxy) is 2. The molecule has 3 aromatic rings. The maximum absolute atomic E-state index is 13.8. The molecule has 0 saturated carbocycles. The van der Waals surface area contributed by atoms with E-state index in [1.165, 1.54) is 17.7 Å². The first-order valence-corrected chi connectivity index (χ1v) is 13.3. The van der Waals surface area contributed by atoms with Gasteiger partial charge in [0, 0.05) is 37.9 Å². The quantitative estimate of drug-likeness (QED) is 0.388. The number of imidazole rings is 1. The predicted molar refractivity (Wildman–Crippen MR) is 149 cm³/mol. The van der Waals surface area contributed by atoms with Crippen molar-refractivity contribution in [3.8, 4) is 0 Å². The Hall–Kier alpha value is -4.07. The molecule has 13 nitrogen and oxygen atoms in total. The number of para-hydroxylation sites is 1. The first-order valence-electron chi connectivity index (χ1n) is 13.3. The number of allylic oxidation sites excluding steroid dienone is 1. The summed E-state index contributed by atoms with van der Waals surface area (Å²) in [6, 6.07) is 6.39. The zero-order valence-corrected chi connectivity index (χ0v) is 22.5. The van der Waals surface area contributed by atoms with Crippen LogP contribution < -0.4 is 27.2 Å². The topological polar surface area (TPSA) is 156 Å². The van der Waals surface area contributed by atoms with Crippen molar-refractivity contribution in [2.24, 2.45) is 12.8 Å². The Bertz CT molecular complexity index is 1580. The average molecular weight is 552 g/mol.